The number of para-hydroxylation sites is 1. The second-order valence-corrected chi connectivity index (χ2v) is 5.24. The number of nitrogens with zero attached hydrogens (tertiary/aromatic N) is 1. The number of fused-ring (bicyclic) bond motifs is 1. The van der Waals surface area contributed by atoms with Crippen molar-refractivity contribution >= 4 is 10.9 Å². The fourth-order valence-electron chi connectivity index (χ4n) is 3.09. The lowest BCUT2D eigenvalue weighted by Crippen LogP contribution is -2.27. The Balaban J connectivity index is 2.09. The number of likely N-dealkylation sites (N-methyl/N-ethyl adjacent to an activating group) is 1. The van der Waals surface area contributed by atoms with Gasteiger partial charge >= 0.3 is 0 Å². The molecule has 0 radical (unpaired) electrons. The van der Waals surface area contributed by atoms with Crippen LogP contribution in [0, 0.1) is 6.92 Å². The molecule has 0 amide bonds. The number of H-pyrrole nitrogens is 1. The SMILES string of the molecule is Cc1[nH]c2ccccc2c1C1CCNCCN1C. The molecule has 1 saturated heterocycles. The summed E-state index contributed by atoms with van der Waals surface area (Å²) in [6, 6.07) is 9.16. The molecule has 18 heavy (non-hydrogen) atoms. The van der Waals surface area contributed by atoms with E-state index >= 15 is 0 Å². The largest absolute Gasteiger partial charge is 0.358 e. The lowest BCUT2D eigenvalue weighted by Gasteiger charge is -2.26. The molecule has 3 heteroatoms. The summed E-state index contributed by atoms with van der Waals surface area (Å²) in [6.07, 6.45) is 1.18. The van der Waals surface area contributed by atoms with Crippen LogP contribution in [0.3, 0.4) is 0 Å². The Labute approximate surface area is 108 Å². The van der Waals surface area contributed by atoms with Crippen molar-refractivity contribution in [1.29, 1.82) is 0 Å². The Morgan fingerprint density at radius 3 is 2.94 bits per heavy atom. The molecule has 96 valence electrons. The Morgan fingerprint density at radius 2 is 2.06 bits per heavy atom. The van der Waals surface area contributed by atoms with Crippen LogP contribution < -0.4 is 5.32 Å². The summed E-state index contributed by atoms with van der Waals surface area (Å²) in [5.74, 6) is 0. The van der Waals surface area contributed by atoms with Crippen molar-refractivity contribution < 1.29 is 0 Å². The van der Waals surface area contributed by atoms with Crippen LogP contribution in [0.5, 0.6) is 0 Å². The zero-order valence-electron chi connectivity index (χ0n) is 11.2. The van der Waals surface area contributed by atoms with E-state index in [-0.39, 0.29) is 0 Å². The number of nitrogens with one attached hydrogen (secondary N) is 2. The number of hydrogen-bond donors (Lipinski definition) is 2. The summed E-state index contributed by atoms with van der Waals surface area (Å²) in [6.45, 7) is 5.51. The lowest BCUT2D eigenvalue weighted by atomic mass is 9.99. The van der Waals surface area contributed by atoms with Crippen LogP contribution in [-0.2, 0) is 0 Å². The summed E-state index contributed by atoms with van der Waals surface area (Å²) < 4.78 is 0. The third kappa shape index (κ3) is 1.93. The molecule has 2 N–H and O–H groups in total. The second-order valence-electron chi connectivity index (χ2n) is 5.24. The van der Waals surface area contributed by atoms with Crippen LogP contribution in [0.1, 0.15) is 23.7 Å². The van der Waals surface area contributed by atoms with E-state index in [9.17, 15) is 0 Å². The predicted octanol–water partition coefficient (Wildman–Crippen LogP) is 2.44. The summed E-state index contributed by atoms with van der Waals surface area (Å²) in [5.41, 5.74) is 4.06. The third-order valence-electron chi connectivity index (χ3n) is 4.04. The average molecular weight is 243 g/mol. The zero-order chi connectivity index (χ0) is 12.5. The first-order valence-corrected chi connectivity index (χ1v) is 6.75. The summed E-state index contributed by atoms with van der Waals surface area (Å²) in [7, 11) is 2.24. The molecule has 1 aromatic heterocycles. The van der Waals surface area contributed by atoms with E-state index in [0.717, 1.165) is 19.6 Å². The molecule has 1 aromatic carbocycles. The maximum absolute atomic E-state index is 3.52. The van der Waals surface area contributed by atoms with Gasteiger partial charge in [0.15, 0.2) is 0 Å². The van der Waals surface area contributed by atoms with E-state index in [4.69, 9.17) is 0 Å². The highest BCUT2D eigenvalue weighted by Crippen LogP contribution is 2.33. The van der Waals surface area contributed by atoms with Crippen molar-refractivity contribution in [3.05, 3.63) is 35.5 Å². The first-order chi connectivity index (χ1) is 8.77. The Morgan fingerprint density at radius 1 is 1.22 bits per heavy atom. The third-order valence-corrected chi connectivity index (χ3v) is 4.04. The normalized spacial score (nSPS) is 22.2. The van der Waals surface area contributed by atoms with E-state index in [1.54, 1.807) is 0 Å². The van der Waals surface area contributed by atoms with Gasteiger partial charge in [-0.1, -0.05) is 18.2 Å². The molecule has 2 heterocycles. The molecule has 1 aliphatic heterocycles. The van der Waals surface area contributed by atoms with Crippen molar-refractivity contribution in [2.45, 2.75) is 19.4 Å². The van der Waals surface area contributed by atoms with Crippen LogP contribution in [0.15, 0.2) is 24.3 Å². The smallest absolute Gasteiger partial charge is 0.0459 e. The van der Waals surface area contributed by atoms with Crippen molar-refractivity contribution in [3.63, 3.8) is 0 Å². The summed E-state index contributed by atoms with van der Waals surface area (Å²) in [5, 5.41) is 4.87. The van der Waals surface area contributed by atoms with Gasteiger partial charge in [0.25, 0.3) is 0 Å². The van der Waals surface area contributed by atoms with Gasteiger partial charge in [-0.2, -0.15) is 0 Å². The van der Waals surface area contributed by atoms with Gasteiger partial charge in [-0.15, -0.1) is 0 Å². The number of aromatic nitrogens is 1. The van der Waals surface area contributed by atoms with Crippen LogP contribution >= 0.6 is 0 Å². The average Bonchev–Trinajstić information content (AvgIpc) is 2.55. The molecule has 3 rings (SSSR count). The first-order valence-electron chi connectivity index (χ1n) is 6.75. The zero-order valence-corrected chi connectivity index (χ0v) is 11.2. The molecular weight excluding hydrogens is 222 g/mol. The first kappa shape index (κ1) is 11.8. The van der Waals surface area contributed by atoms with E-state index in [1.165, 1.54) is 28.6 Å². The molecule has 0 bridgehead atoms. The van der Waals surface area contributed by atoms with E-state index in [2.05, 4.69) is 53.4 Å². The highest BCUT2D eigenvalue weighted by Gasteiger charge is 2.23. The van der Waals surface area contributed by atoms with Crippen LogP contribution in [0.25, 0.3) is 10.9 Å². The molecule has 1 unspecified atom stereocenters. The fraction of sp³-hybridized carbons (Fsp3) is 0.467. The molecule has 1 atom stereocenters. The minimum absolute atomic E-state index is 0.524. The Kier molecular flexibility index (Phi) is 3.10. The van der Waals surface area contributed by atoms with Gasteiger partial charge in [0, 0.05) is 35.7 Å². The van der Waals surface area contributed by atoms with Crippen molar-refractivity contribution in [2.24, 2.45) is 0 Å². The molecule has 1 fully saturated rings. The fourth-order valence-corrected chi connectivity index (χ4v) is 3.09. The van der Waals surface area contributed by atoms with E-state index in [0.29, 0.717) is 6.04 Å². The monoisotopic (exact) mass is 243 g/mol. The molecule has 2 aromatic rings. The highest BCUT2D eigenvalue weighted by atomic mass is 15.2. The van der Waals surface area contributed by atoms with Gasteiger partial charge in [0.05, 0.1) is 0 Å². The number of benzene rings is 1. The molecule has 0 aliphatic carbocycles. The van der Waals surface area contributed by atoms with Gasteiger partial charge < -0.3 is 10.3 Å². The standard InChI is InChI=1S/C15H21N3/c1-11-15(12-5-3-4-6-13(12)17-11)14-7-8-16-9-10-18(14)2/h3-6,14,16-17H,7-10H2,1-2H3. The maximum Gasteiger partial charge on any atom is 0.0459 e. The number of hydrogen-bond acceptors (Lipinski definition) is 2. The lowest BCUT2D eigenvalue weighted by molar-refractivity contribution is 0.259. The molecule has 0 saturated carbocycles. The molecule has 0 spiro atoms. The Hall–Kier alpha value is -1.32. The molecule has 1 aliphatic rings. The predicted molar refractivity (Wildman–Crippen MR) is 75.9 cm³/mol. The number of rotatable bonds is 1. The quantitative estimate of drug-likeness (QED) is 0.806. The number of aromatic amines is 1. The minimum atomic E-state index is 0.524. The maximum atomic E-state index is 3.52. The van der Waals surface area contributed by atoms with Gasteiger partial charge in [0.2, 0.25) is 0 Å². The van der Waals surface area contributed by atoms with E-state index < -0.39 is 0 Å². The van der Waals surface area contributed by atoms with Crippen molar-refractivity contribution in [1.82, 2.24) is 15.2 Å². The van der Waals surface area contributed by atoms with Gasteiger partial charge in [-0.25, -0.2) is 0 Å². The van der Waals surface area contributed by atoms with Crippen LogP contribution in [0.4, 0.5) is 0 Å². The summed E-state index contributed by atoms with van der Waals surface area (Å²) >= 11 is 0. The topological polar surface area (TPSA) is 31.1 Å². The molecule has 3 nitrogen and oxygen atoms in total. The second kappa shape index (κ2) is 4.75. The van der Waals surface area contributed by atoms with Crippen molar-refractivity contribution in [2.75, 3.05) is 26.7 Å². The van der Waals surface area contributed by atoms with Crippen LogP contribution in [0.2, 0.25) is 0 Å². The van der Waals surface area contributed by atoms with Gasteiger partial charge in [-0.3, -0.25) is 4.90 Å². The van der Waals surface area contributed by atoms with Crippen LogP contribution in [-0.4, -0.2) is 36.6 Å². The highest BCUT2D eigenvalue weighted by molar-refractivity contribution is 5.85. The van der Waals surface area contributed by atoms with Gasteiger partial charge in [-0.05, 0) is 38.6 Å². The van der Waals surface area contributed by atoms with Gasteiger partial charge in [0.1, 0.15) is 0 Å². The van der Waals surface area contributed by atoms with Crippen molar-refractivity contribution in [3.8, 4) is 0 Å². The number of aryl methyl sites for hydroxylation is 1. The Bertz CT molecular complexity index is 544. The minimum Gasteiger partial charge on any atom is -0.358 e. The molecular formula is C15H21N3. The van der Waals surface area contributed by atoms with E-state index in [1.807, 2.05) is 0 Å². The summed E-state index contributed by atoms with van der Waals surface area (Å²) in [4.78, 5) is 5.99.